The summed E-state index contributed by atoms with van der Waals surface area (Å²) in [4.78, 5) is 30.9. The topological polar surface area (TPSA) is 119 Å². The lowest BCUT2D eigenvalue weighted by Gasteiger charge is -2.35. The number of hydrogen-bond acceptors (Lipinski definition) is 7. The maximum atomic E-state index is 13.2. The van der Waals surface area contributed by atoms with Gasteiger partial charge in [-0.1, -0.05) is 0 Å². The summed E-state index contributed by atoms with van der Waals surface area (Å²) in [6.45, 7) is -0.00790. The Hall–Kier alpha value is -2.95. The Labute approximate surface area is 173 Å². The van der Waals surface area contributed by atoms with Gasteiger partial charge in [0.25, 0.3) is 5.92 Å². The fourth-order valence-corrected chi connectivity index (χ4v) is 3.28. The second-order valence-electron chi connectivity index (χ2n) is 7.39. The Morgan fingerprint density at radius 3 is 2.37 bits per heavy atom. The minimum absolute atomic E-state index is 0.0784. The molecule has 11 heteroatoms. The first-order valence-electron chi connectivity index (χ1n) is 9.66. The van der Waals surface area contributed by atoms with Crippen LogP contribution in [0.5, 0.6) is 6.01 Å². The Kier molecular flexibility index (Phi) is 6.70. The van der Waals surface area contributed by atoms with Gasteiger partial charge in [0.1, 0.15) is 0 Å². The van der Waals surface area contributed by atoms with Crippen LogP contribution in [0, 0.1) is 0 Å². The molecule has 2 aromatic rings. The number of alkyl halides is 2. The van der Waals surface area contributed by atoms with Gasteiger partial charge in [-0.15, -0.1) is 0 Å². The molecule has 0 radical (unpaired) electrons. The second kappa shape index (κ2) is 9.24. The van der Waals surface area contributed by atoms with Gasteiger partial charge in [-0.2, -0.15) is 0 Å². The molecule has 0 spiro atoms. The SMILES string of the molecule is COc1ncc(-c2cnc(N(C(=O)NCC(C)(F)F)C3CCC(N)CC3)cn2)cn1. The molecule has 0 saturated heterocycles. The summed E-state index contributed by atoms with van der Waals surface area (Å²) in [5, 5.41) is 2.29. The number of rotatable bonds is 6. The molecule has 0 unspecified atom stereocenters. The van der Waals surface area contributed by atoms with E-state index in [2.05, 4.69) is 25.3 Å². The Bertz CT molecular complexity index is 835. The van der Waals surface area contributed by atoms with Crippen LogP contribution in [0.25, 0.3) is 11.3 Å². The Morgan fingerprint density at radius 1 is 1.17 bits per heavy atom. The maximum absolute atomic E-state index is 13.2. The van der Waals surface area contributed by atoms with Crippen molar-refractivity contribution in [2.24, 2.45) is 5.73 Å². The summed E-state index contributed by atoms with van der Waals surface area (Å²) in [5.41, 5.74) is 7.10. The number of anilines is 1. The molecule has 2 aromatic heterocycles. The highest BCUT2D eigenvalue weighted by Gasteiger charge is 2.32. The molecule has 9 nitrogen and oxygen atoms in total. The smallest absolute Gasteiger partial charge is 0.323 e. The van der Waals surface area contributed by atoms with Gasteiger partial charge in [0.2, 0.25) is 0 Å². The number of nitrogens with one attached hydrogen (secondary N) is 1. The predicted octanol–water partition coefficient (Wildman–Crippen LogP) is 2.38. The van der Waals surface area contributed by atoms with Crippen LogP contribution in [-0.4, -0.2) is 57.6 Å². The normalized spacial score (nSPS) is 19.2. The summed E-state index contributed by atoms with van der Waals surface area (Å²) >= 11 is 0. The van der Waals surface area contributed by atoms with Crippen LogP contribution >= 0.6 is 0 Å². The van der Waals surface area contributed by atoms with E-state index in [1.165, 1.54) is 24.4 Å². The van der Waals surface area contributed by atoms with Crippen molar-refractivity contribution in [2.75, 3.05) is 18.6 Å². The van der Waals surface area contributed by atoms with E-state index >= 15 is 0 Å². The van der Waals surface area contributed by atoms with Gasteiger partial charge >= 0.3 is 12.0 Å². The number of amides is 2. The molecule has 162 valence electrons. The lowest BCUT2D eigenvalue weighted by Crippen LogP contribution is -2.51. The molecule has 1 aliphatic rings. The summed E-state index contributed by atoms with van der Waals surface area (Å²) in [6, 6.07) is -0.518. The monoisotopic (exact) mass is 421 g/mol. The maximum Gasteiger partial charge on any atom is 0.323 e. The van der Waals surface area contributed by atoms with E-state index in [4.69, 9.17) is 10.5 Å². The van der Waals surface area contributed by atoms with Crippen molar-refractivity contribution in [1.82, 2.24) is 25.3 Å². The fraction of sp³-hybridized carbons (Fsp3) is 0.526. The van der Waals surface area contributed by atoms with Gasteiger partial charge < -0.3 is 15.8 Å². The van der Waals surface area contributed by atoms with E-state index in [9.17, 15) is 13.6 Å². The summed E-state index contributed by atoms with van der Waals surface area (Å²) in [5.74, 6) is -2.73. The molecule has 1 saturated carbocycles. The number of hydrogen-bond donors (Lipinski definition) is 2. The lowest BCUT2D eigenvalue weighted by atomic mass is 9.91. The van der Waals surface area contributed by atoms with E-state index < -0.39 is 18.5 Å². The van der Waals surface area contributed by atoms with Crippen molar-refractivity contribution >= 4 is 11.8 Å². The van der Waals surface area contributed by atoms with Crippen molar-refractivity contribution in [1.29, 1.82) is 0 Å². The first kappa shape index (κ1) is 21.8. The highest BCUT2D eigenvalue weighted by atomic mass is 19.3. The molecular weight excluding hydrogens is 396 g/mol. The number of carbonyl (C=O) groups excluding carboxylic acids is 1. The molecule has 30 heavy (non-hydrogen) atoms. The fourth-order valence-electron chi connectivity index (χ4n) is 3.28. The number of aromatic nitrogens is 4. The zero-order valence-corrected chi connectivity index (χ0v) is 16.9. The second-order valence-corrected chi connectivity index (χ2v) is 7.39. The molecule has 0 aromatic carbocycles. The quantitative estimate of drug-likeness (QED) is 0.735. The molecule has 3 N–H and O–H groups in total. The van der Waals surface area contributed by atoms with Crippen LogP contribution in [0.1, 0.15) is 32.6 Å². The Morgan fingerprint density at radius 2 is 1.83 bits per heavy atom. The predicted molar refractivity (Wildman–Crippen MR) is 106 cm³/mol. The van der Waals surface area contributed by atoms with Crippen molar-refractivity contribution in [3.8, 4) is 17.3 Å². The molecule has 2 heterocycles. The molecule has 0 atom stereocenters. The van der Waals surface area contributed by atoms with Crippen LogP contribution in [0.4, 0.5) is 19.4 Å². The number of methoxy groups -OCH3 is 1. The van der Waals surface area contributed by atoms with Crippen molar-refractivity contribution < 1.29 is 18.3 Å². The van der Waals surface area contributed by atoms with Crippen LogP contribution < -0.4 is 20.7 Å². The van der Waals surface area contributed by atoms with Crippen LogP contribution in [-0.2, 0) is 0 Å². The highest BCUT2D eigenvalue weighted by molar-refractivity contribution is 5.91. The molecule has 0 bridgehead atoms. The van der Waals surface area contributed by atoms with Crippen molar-refractivity contribution in [3.63, 3.8) is 0 Å². The van der Waals surface area contributed by atoms with E-state index in [1.54, 1.807) is 12.4 Å². The standard InChI is InChI=1S/C19H25F2N7O2/c1-19(20,21)11-27-18(29)28(14-5-3-13(22)4-6-14)16-10-23-15(9-24-16)12-7-25-17(30-2)26-8-12/h7-10,13-14H,3-6,11,22H2,1-2H3,(H,27,29). The zero-order chi connectivity index (χ0) is 21.7. The van der Waals surface area contributed by atoms with Crippen LogP contribution in [0.15, 0.2) is 24.8 Å². The minimum atomic E-state index is -3.01. The van der Waals surface area contributed by atoms with Crippen molar-refractivity contribution in [2.45, 2.75) is 50.6 Å². The minimum Gasteiger partial charge on any atom is -0.467 e. The number of nitrogens with two attached hydrogens (primary N) is 1. The third-order valence-electron chi connectivity index (χ3n) is 4.87. The number of nitrogens with zero attached hydrogens (tertiary/aromatic N) is 5. The number of ether oxygens (including phenoxy) is 1. The van der Waals surface area contributed by atoms with Gasteiger partial charge in [0.15, 0.2) is 5.82 Å². The van der Waals surface area contributed by atoms with Crippen LogP contribution in [0.3, 0.4) is 0 Å². The third kappa shape index (κ3) is 5.56. The number of urea groups is 1. The molecule has 0 aliphatic heterocycles. The Balaban J connectivity index is 1.81. The van der Waals surface area contributed by atoms with E-state index in [0.29, 0.717) is 24.1 Å². The third-order valence-corrected chi connectivity index (χ3v) is 4.87. The largest absolute Gasteiger partial charge is 0.467 e. The molecular formula is C19H25F2N7O2. The number of halogens is 2. The van der Waals surface area contributed by atoms with Crippen LogP contribution in [0.2, 0.25) is 0 Å². The first-order chi connectivity index (χ1) is 14.3. The average Bonchev–Trinajstić information content (AvgIpc) is 2.74. The zero-order valence-electron chi connectivity index (χ0n) is 16.9. The summed E-state index contributed by atoms with van der Waals surface area (Å²) in [7, 11) is 1.47. The van der Waals surface area contributed by atoms with Crippen molar-refractivity contribution in [3.05, 3.63) is 24.8 Å². The lowest BCUT2D eigenvalue weighted by molar-refractivity contribution is 0.0254. The van der Waals surface area contributed by atoms with Gasteiger partial charge in [-0.3, -0.25) is 9.88 Å². The van der Waals surface area contributed by atoms with Gasteiger partial charge in [0.05, 0.1) is 31.7 Å². The summed E-state index contributed by atoms with van der Waals surface area (Å²) in [6.07, 6.45) is 8.83. The molecule has 1 fully saturated rings. The highest BCUT2D eigenvalue weighted by Crippen LogP contribution is 2.27. The average molecular weight is 421 g/mol. The van der Waals surface area contributed by atoms with Gasteiger partial charge in [0, 0.05) is 37.0 Å². The van der Waals surface area contributed by atoms with E-state index in [1.807, 2.05) is 0 Å². The summed E-state index contributed by atoms with van der Waals surface area (Å²) < 4.78 is 31.4. The molecule has 2 amide bonds. The van der Waals surface area contributed by atoms with E-state index in [0.717, 1.165) is 19.8 Å². The number of carbonyl (C=O) groups is 1. The molecule has 3 rings (SSSR count). The molecule has 1 aliphatic carbocycles. The van der Waals surface area contributed by atoms with E-state index in [-0.39, 0.29) is 23.9 Å². The first-order valence-corrected chi connectivity index (χ1v) is 9.66. The van der Waals surface area contributed by atoms with Gasteiger partial charge in [-0.25, -0.2) is 28.5 Å². The van der Waals surface area contributed by atoms with Gasteiger partial charge in [-0.05, 0) is 25.7 Å².